The maximum atomic E-state index is 3.51. The van der Waals surface area contributed by atoms with Crippen molar-refractivity contribution in [2.45, 2.75) is 11.8 Å². The molecule has 4 rings (SSSR count). The van der Waals surface area contributed by atoms with E-state index in [0.29, 0.717) is 5.41 Å². The summed E-state index contributed by atoms with van der Waals surface area (Å²) in [5.41, 5.74) is 0.531. The lowest BCUT2D eigenvalue weighted by Crippen LogP contribution is -2.18. The smallest absolute Gasteiger partial charge is 0.0345 e. The van der Waals surface area contributed by atoms with Crippen molar-refractivity contribution in [2.75, 3.05) is 13.1 Å². The number of fused-ring (bicyclic) bond motifs is 2. The van der Waals surface area contributed by atoms with Gasteiger partial charge in [-0.2, -0.15) is 0 Å². The minimum absolute atomic E-state index is 0.531. The molecule has 1 aromatic heterocycles. The third kappa shape index (κ3) is 1.01. The van der Waals surface area contributed by atoms with Gasteiger partial charge in [0.15, 0.2) is 0 Å². The molecule has 1 aromatic carbocycles. The predicted octanol–water partition coefficient (Wildman–Crippen LogP) is 2.76. The summed E-state index contributed by atoms with van der Waals surface area (Å²) in [6.45, 7) is 2.43. The van der Waals surface area contributed by atoms with Gasteiger partial charge in [0.2, 0.25) is 0 Å². The molecule has 2 heterocycles. The molecule has 2 aromatic rings. The van der Waals surface area contributed by atoms with Gasteiger partial charge in [-0.1, -0.05) is 18.2 Å². The molecule has 2 fully saturated rings. The number of benzene rings is 1. The van der Waals surface area contributed by atoms with E-state index in [4.69, 9.17) is 0 Å². The molecule has 1 aliphatic carbocycles. The van der Waals surface area contributed by atoms with Gasteiger partial charge in [0.05, 0.1) is 0 Å². The molecule has 0 amide bonds. The van der Waals surface area contributed by atoms with E-state index in [-0.39, 0.29) is 0 Å². The van der Waals surface area contributed by atoms with Gasteiger partial charge in [-0.15, -0.1) is 11.3 Å². The fourth-order valence-corrected chi connectivity index (χ4v) is 4.29. The Kier molecular flexibility index (Phi) is 1.46. The van der Waals surface area contributed by atoms with Crippen LogP contribution in [0.25, 0.3) is 10.1 Å². The van der Waals surface area contributed by atoms with Crippen LogP contribution in [0.4, 0.5) is 0 Å². The lowest BCUT2D eigenvalue weighted by atomic mass is 10.0. The average Bonchev–Trinajstić information content (AvgIpc) is 2.68. The highest BCUT2D eigenvalue weighted by molar-refractivity contribution is 7.19. The Bertz CT molecular complexity index is 497. The lowest BCUT2D eigenvalue weighted by Gasteiger charge is -2.07. The standard InChI is InChI=1S/C13H13NS/c1-2-4-11-9(3-1)5-12(15-11)13-6-10(13)7-14-8-13/h1-5,10,14H,6-8H2/t10?,13-/m0/s1. The van der Waals surface area contributed by atoms with Gasteiger partial charge in [0.1, 0.15) is 0 Å². The van der Waals surface area contributed by atoms with Crippen molar-refractivity contribution >= 4 is 21.4 Å². The first-order chi connectivity index (χ1) is 7.38. The fourth-order valence-electron chi connectivity index (χ4n) is 2.95. The van der Waals surface area contributed by atoms with Gasteiger partial charge < -0.3 is 5.32 Å². The van der Waals surface area contributed by atoms with Crippen LogP contribution in [-0.2, 0) is 5.41 Å². The van der Waals surface area contributed by atoms with Crippen molar-refractivity contribution in [1.29, 1.82) is 0 Å². The van der Waals surface area contributed by atoms with Crippen molar-refractivity contribution in [1.82, 2.24) is 5.32 Å². The molecule has 2 heteroatoms. The lowest BCUT2D eigenvalue weighted by molar-refractivity contribution is 0.686. The number of thiophene rings is 1. The summed E-state index contributed by atoms with van der Waals surface area (Å²) in [5, 5.41) is 4.93. The molecular weight excluding hydrogens is 202 g/mol. The Labute approximate surface area is 93.1 Å². The second kappa shape index (κ2) is 2.63. The average molecular weight is 215 g/mol. The van der Waals surface area contributed by atoms with E-state index < -0.39 is 0 Å². The summed E-state index contributed by atoms with van der Waals surface area (Å²) in [5.74, 6) is 0.922. The van der Waals surface area contributed by atoms with Crippen LogP contribution >= 0.6 is 11.3 Å². The highest BCUT2D eigenvalue weighted by Crippen LogP contribution is 2.58. The van der Waals surface area contributed by atoms with Gasteiger partial charge in [0.25, 0.3) is 0 Å². The SMILES string of the molecule is c1ccc2sc([C@@]34CNCC3C4)cc2c1. The van der Waals surface area contributed by atoms with Gasteiger partial charge in [-0.25, -0.2) is 0 Å². The molecule has 1 aliphatic heterocycles. The Morgan fingerprint density at radius 3 is 3.00 bits per heavy atom. The summed E-state index contributed by atoms with van der Waals surface area (Å²) >= 11 is 2.00. The largest absolute Gasteiger partial charge is 0.315 e. The third-order valence-electron chi connectivity index (χ3n) is 3.98. The van der Waals surface area contributed by atoms with E-state index in [1.54, 1.807) is 4.88 Å². The van der Waals surface area contributed by atoms with Crippen molar-refractivity contribution in [2.24, 2.45) is 5.92 Å². The first kappa shape index (κ1) is 8.31. The third-order valence-corrected chi connectivity index (χ3v) is 5.32. The molecule has 1 saturated heterocycles. The van der Waals surface area contributed by atoms with Crippen LogP contribution in [0.15, 0.2) is 30.3 Å². The maximum absolute atomic E-state index is 3.51. The summed E-state index contributed by atoms with van der Waals surface area (Å²) in [4.78, 5) is 1.61. The van der Waals surface area contributed by atoms with Crippen molar-refractivity contribution in [3.05, 3.63) is 35.2 Å². The molecule has 0 spiro atoms. The number of rotatable bonds is 1. The van der Waals surface area contributed by atoms with Crippen LogP contribution in [0.2, 0.25) is 0 Å². The van der Waals surface area contributed by atoms with Crippen LogP contribution < -0.4 is 5.32 Å². The zero-order valence-corrected chi connectivity index (χ0v) is 9.31. The normalized spacial score (nSPS) is 33.2. The molecule has 0 radical (unpaired) electrons. The first-order valence-electron chi connectivity index (χ1n) is 5.58. The van der Waals surface area contributed by atoms with Crippen LogP contribution in [0, 0.1) is 5.92 Å². The van der Waals surface area contributed by atoms with Crippen LogP contribution in [0.5, 0.6) is 0 Å². The second-order valence-corrected chi connectivity index (χ2v) is 5.92. The highest BCUT2D eigenvalue weighted by Gasteiger charge is 2.58. The van der Waals surface area contributed by atoms with E-state index in [1.807, 2.05) is 11.3 Å². The molecular formula is C13H13NS. The number of hydrogen-bond acceptors (Lipinski definition) is 2. The quantitative estimate of drug-likeness (QED) is 0.771. The zero-order valence-electron chi connectivity index (χ0n) is 8.49. The molecule has 0 bridgehead atoms. The van der Waals surface area contributed by atoms with E-state index in [9.17, 15) is 0 Å². The molecule has 1 unspecified atom stereocenters. The molecule has 76 valence electrons. The van der Waals surface area contributed by atoms with Crippen molar-refractivity contribution in [3.63, 3.8) is 0 Å². The summed E-state index contributed by atoms with van der Waals surface area (Å²) in [6, 6.07) is 11.1. The molecule has 1 nitrogen and oxygen atoms in total. The monoisotopic (exact) mass is 215 g/mol. The van der Waals surface area contributed by atoms with E-state index in [2.05, 4.69) is 35.6 Å². The molecule has 1 N–H and O–H groups in total. The Morgan fingerprint density at radius 1 is 1.33 bits per heavy atom. The maximum Gasteiger partial charge on any atom is 0.0345 e. The van der Waals surface area contributed by atoms with Crippen LogP contribution in [0.3, 0.4) is 0 Å². The number of piperidine rings is 1. The second-order valence-electron chi connectivity index (χ2n) is 4.84. The molecule has 2 atom stereocenters. The highest BCUT2D eigenvalue weighted by atomic mass is 32.1. The van der Waals surface area contributed by atoms with Crippen LogP contribution in [0.1, 0.15) is 11.3 Å². The minimum Gasteiger partial charge on any atom is -0.315 e. The van der Waals surface area contributed by atoms with Gasteiger partial charge in [-0.3, -0.25) is 0 Å². The number of hydrogen-bond donors (Lipinski definition) is 1. The Balaban J connectivity index is 1.89. The van der Waals surface area contributed by atoms with E-state index in [0.717, 1.165) is 5.92 Å². The van der Waals surface area contributed by atoms with Gasteiger partial charge in [-0.05, 0) is 36.4 Å². The molecule has 2 aliphatic rings. The zero-order chi connectivity index (χ0) is 9.88. The minimum atomic E-state index is 0.531. The summed E-state index contributed by atoms with van der Waals surface area (Å²) < 4.78 is 1.44. The van der Waals surface area contributed by atoms with Gasteiger partial charge in [0, 0.05) is 21.5 Å². The predicted molar refractivity (Wildman–Crippen MR) is 64.5 cm³/mol. The Morgan fingerprint density at radius 2 is 2.27 bits per heavy atom. The van der Waals surface area contributed by atoms with Crippen LogP contribution in [-0.4, -0.2) is 13.1 Å². The van der Waals surface area contributed by atoms with E-state index >= 15 is 0 Å². The summed E-state index contributed by atoms with van der Waals surface area (Å²) in [6.07, 6.45) is 1.41. The molecule has 15 heavy (non-hydrogen) atoms. The van der Waals surface area contributed by atoms with Crippen molar-refractivity contribution < 1.29 is 0 Å². The van der Waals surface area contributed by atoms with E-state index in [1.165, 1.54) is 29.6 Å². The molecule has 1 saturated carbocycles. The van der Waals surface area contributed by atoms with Crippen molar-refractivity contribution in [3.8, 4) is 0 Å². The first-order valence-corrected chi connectivity index (χ1v) is 6.40. The fraction of sp³-hybridized carbons (Fsp3) is 0.385. The topological polar surface area (TPSA) is 12.0 Å². The summed E-state index contributed by atoms with van der Waals surface area (Å²) in [7, 11) is 0. The number of nitrogens with one attached hydrogen (secondary N) is 1. The Hall–Kier alpha value is -0.860. The van der Waals surface area contributed by atoms with Gasteiger partial charge >= 0.3 is 0 Å².